The fourth-order valence-electron chi connectivity index (χ4n) is 2.02. The van der Waals surface area contributed by atoms with E-state index in [1.165, 1.54) is 6.21 Å². The van der Waals surface area contributed by atoms with Crippen molar-refractivity contribution in [3.63, 3.8) is 0 Å². The summed E-state index contributed by atoms with van der Waals surface area (Å²) < 4.78 is 6.04. The quantitative estimate of drug-likeness (QED) is 0.399. The molecule has 2 aromatic carbocycles. The van der Waals surface area contributed by atoms with Gasteiger partial charge in [-0.15, -0.1) is 0 Å². The Morgan fingerprint density at radius 1 is 1.11 bits per heavy atom. The van der Waals surface area contributed by atoms with Crippen molar-refractivity contribution in [2.24, 2.45) is 5.10 Å². The van der Waals surface area contributed by atoms with Crippen LogP contribution in [0.5, 0.6) is 11.5 Å². The summed E-state index contributed by atoms with van der Waals surface area (Å²) >= 11 is 6.43. The number of carbonyl (C=O) groups excluding carboxylic acids is 2. The number of hydrazone groups is 1. The zero-order valence-electron chi connectivity index (χ0n) is 14.3. The highest BCUT2D eigenvalue weighted by molar-refractivity contribution is 9.11. The molecule has 2 amide bonds. The molecule has 0 saturated heterocycles. The molecule has 0 spiro atoms. The highest BCUT2D eigenvalue weighted by atomic mass is 79.9. The summed E-state index contributed by atoms with van der Waals surface area (Å²) in [6, 6.07) is 10.2. The molecule has 0 aliphatic carbocycles. The fourth-order valence-corrected chi connectivity index (χ4v) is 3.24. The van der Waals surface area contributed by atoms with E-state index in [4.69, 9.17) is 4.74 Å². The van der Waals surface area contributed by atoms with Gasteiger partial charge in [-0.25, -0.2) is 5.43 Å². The van der Waals surface area contributed by atoms with Gasteiger partial charge in [-0.2, -0.15) is 5.10 Å². The lowest BCUT2D eigenvalue weighted by molar-refractivity contribution is -0.124. The first-order valence-corrected chi connectivity index (χ1v) is 9.41. The minimum atomic E-state index is -0.381. The number of aromatic hydroxyl groups is 1. The van der Waals surface area contributed by atoms with Crippen molar-refractivity contribution in [2.75, 3.05) is 12.4 Å². The van der Waals surface area contributed by atoms with Crippen molar-refractivity contribution in [1.29, 1.82) is 0 Å². The zero-order valence-corrected chi connectivity index (χ0v) is 17.5. The molecule has 0 aliphatic heterocycles. The maximum Gasteiger partial charge on any atom is 0.240 e. The minimum absolute atomic E-state index is 0.00228. The van der Waals surface area contributed by atoms with Gasteiger partial charge in [0.05, 0.1) is 22.3 Å². The zero-order chi connectivity index (χ0) is 19.8. The van der Waals surface area contributed by atoms with E-state index in [2.05, 4.69) is 47.7 Å². The molecule has 0 unspecified atom stereocenters. The molecule has 0 heterocycles. The summed E-state index contributed by atoms with van der Waals surface area (Å²) in [4.78, 5) is 23.7. The normalized spacial score (nSPS) is 10.6. The summed E-state index contributed by atoms with van der Waals surface area (Å²) in [7, 11) is 1.56. The Morgan fingerprint density at radius 3 is 2.30 bits per heavy atom. The topological polar surface area (TPSA) is 100 Å². The first-order valence-electron chi connectivity index (χ1n) is 7.83. The van der Waals surface area contributed by atoms with Gasteiger partial charge in [-0.05, 0) is 73.8 Å². The van der Waals surface area contributed by atoms with Crippen molar-refractivity contribution in [3.8, 4) is 11.5 Å². The summed E-state index contributed by atoms with van der Waals surface area (Å²) in [5.74, 6) is 0.121. The van der Waals surface area contributed by atoms with Crippen LogP contribution in [0.25, 0.3) is 0 Å². The van der Waals surface area contributed by atoms with Gasteiger partial charge in [0.2, 0.25) is 11.8 Å². The van der Waals surface area contributed by atoms with Gasteiger partial charge in [0, 0.05) is 18.5 Å². The van der Waals surface area contributed by atoms with Crippen LogP contribution >= 0.6 is 31.9 Å². The predicted octanol–water partition coefficient (Wildman–Crippen LogP) is 3.79. The summed E-state index contributed by atoms with van der Waals surface area (Å²) in [6.45, 7) is 0. The number of ether oxygens (including phenoxy) is 1. The van der Waals surface area contributed by atoms with Crippen LogP contribution in [-0.4, -0.2) is 30.2 Å². The summed E-state index contributed by atoms with van der Waals surface area (Å²) in [6.07, 6.45) is 1.47. The first-order chi connectivity index (χ1) is 12.9. The average molecular weight is 499 g/mol. The van der Waals surface area contributed by atoms with Gasteiger partial charge < -0.3 is 15.2 Å². The largest absolute Gasteiger partial charge is 0.506 e. The molecule has 7 nitrogen and oxygen atoms in total. The SMILES string of the molecule is COc1ccc(NC(=O)CCC(=O)N/N=C/c2cc(Br)c(O)c(Br)c2)cc1. The van der Waals surface area contributed by atoms with E-state index >= 15 is 0 Å². The van der Waals surface area contributed by atoms with Gasteiger partial charge >= 0.3 is 0 Å². The molecule has 0 aromatic heterocycles. The van der Waals surface area contributed by atoms with Crippen molar-refractivity contribution in [1.82, 2.24) is 5.43 Å². The smallest absolute Gasteiger partial charge is 0.240 e. The van der Waals surface area contributed by atoms with E-state index in [1.54, 1.807) is 43.5 Å². The Balaban J connectivity index is 1.77. The van der Waals surface area contributed by atoms with Crippen LogP contribution in [0.3, 0.4) is 0 Å². The number of anilines is 1. The van der Waals surface area contributed by atoms with Gasteiger partial charge in [0.1, 0.15) is 11.5 Å². The van der Waals surface area contributed by atoms with Crippen LogP contribution in [0, 0.1) is 0 Å². The standard InChI is InChI=1S/C18H17Br2N3O4/c1-27-13-4-2-12(3-5-13)22-16(24)6-7-17(25)23-21-10-11-8-14(19)18(26)15(20)9-11/h2-5,8-10,26H,6-7H2,1H3,(H,22,24)(H,23,25)/b21-10+. The van der Waals surface area contributed by atoms with E-state index in [0.29, 0.717) is 25.9 Å². The fraction of sp³-hybridized carbons (Fsp3) is 0.167. The highest BCUT2D eigenvalue weighted by Crippen LogP contribution is 2.32. The number of methoxy groups -OCH3 is 1. The van der Waals surface area contributed by atoms with E-state index in [1.807, 2.05) is 0 Å². The van der Waals surface area contributed by atoms with Crippen LogP contribution < -0.4 is 15.5 Å². The molecule has 0 bridgehead atoms. The van der Waals surface area contributed by atoms with E-state index in [-0.39, 0.29) is 30.4 Å². The van der Waals surface area contributed by atoms with Crippen LogP contribution in [0.4, 0.5) is 5.69 Å². The van der Waals surface area contributed by atoms with Gasteiger partial charge in [0.15, 0.2) is 0 Å². The maximum absolute atomic E-state index is 11.9. The minimum Gasteiger partial charge on any atom is -0.506 e. The molecule has 0 radical (unpaired) electrons. The number of phenolic OH excluding ortho intramolecular Hbond substituents is 1. The Kier molecular flexibility index (Phi) is 7.81. The molecule has 142 valence electrons. The first kappa shape index (κ1) is 20.9. The Hall–Kier alpha value is -2.39. The van der Waals surface area contributed by atoms with Crippen LogP contribution in [0.2, 0.25) is 0 Å². The van der Waals surface area contributed by atoms with Crippen molar-refractivity contribution >= 4 is 55.6 Å². The lowest BCUT2D eigenvalue weighted by atomic mass is 10.2. The lowest BCUT2D eigenvalue weighted by Gasteiger charge is -2.06. The average Bonchev–Trinajstić information content (AvgIpc) is 2.65. The number of hydrogen-bond acceptors (Lipinski definition) is 5. The van der Waals surface area contributed by atoms with Crippen molar-refractivity contribution < 1.29 is 19.4 Å². The number of halogens is 2. The number of phenols is 1. The Morgan fingerprint density at radius 2 is 1.70 bits per heavy atom. The van der Waals surface area contributed by atoms with E-state index in [0.717, 1.165) is 0 Å². The third-order valence-corrected chi connectivity index (χ3v) is 4.60. The maximum atomic E-state index is 11.9. The van der Waals surface area contributed by atoms with Crippen molar-refractivity contribution in [2.45, 2.75) is 12.8 Å². The molecule has 27 heavy (non-hydrogen) atoms. The monoisotopic (exact) mass is 497 g/mol. The molecule has 0 aliphatic rings. The molecular weight excluding hydrogens is 482 g/mol. The van der Waals surface area contributed by atoms with Crippen molar-refractivity contribution in [3.05, 3.63) is 50.9 Å². The van der Waals surface area contributed by atoms with Gasteiger partial charge in [-0.1, -0.05) is 0 Å². The Bertz CT molecular complexity index is 831. The van der Waals surface area contributed by atoms with Crippen LogP contribution in [0.1, 0.15) is 18.4 Å². The predicted molar refractivity (Wildman–Crippen MR) is 110 cm³/mol. The van der Waals surface area contributed by atoms with Crippen LogP contribution in [-0.2, 0) is 9.59 Å². The van der Waals surface area contributed by atoms with Gasteiger partial charge in [-0.3, -0.25) is 9.59 Å². The molecule has 0 atom stereocenters. The number of nitrogens with zero attached hydrogens (tertiary/aromatic N) is 1. The molecule has 3 N–H and O–H groups in total. The number of amides is 2. The number of carbonyl (C=O) groups is 2. The third-order valence-electron chi connectivity index (χ3n) is 3.39. The molecular formula is C18H17Br2N3O4. The number of hydrogen-bond donors (Lipinski definition) is 3. The molecule has 2 rings (SSSR count). The second kappa shape index (κ2) is 10.1. The second-order valence-corrected chi connectivity index (χ2v) is 7.11. The number of nitrogens with one attached hydrogen (secondary N) is 2. The van der Waals surface area contributed by atoms with E-state index < -0.39 is 0 Å². The molecule has 0 fully saturated rings. The summed E-state index contributed by atoms with van der Waals surface area (Å²) in [5, 5.41) is 16.2. The van der Waals surface area contributed by atoms with Gasteiger partial charge in [0.25, 0.3) is 0 Å². The van der Waals surface area contributed by atoms with E-state index in [9.17, 15) is 14.7 Å². The third kappa shape index (κ3) is 6.69. The highest BCUT2D eigenvalue weighted by Gasteiger charge is 2.07. The lowest BCUT2D eigenvalue weighted by Crippen LogP contribution is -2.20. The summed E-state index contributed by atoms with van der Waals surface area (Å²) in [5.41, 5.74) is 3.66. The molecule has 2 aromatic rings. The second-order valence-electron chi connectivity index (χ2n) is 5.40. The Labute approximate surface area is 173 Å². The number of benzene rings is 2. The molecule has 9 heteroatoms. The van der Waals surface area contributed by atoms with Crippen LogP contribution in [0.15, 0.2) is 50.4 Å². The number of rotatable bonds is 7. The molecule has 0 saturated carbocycles.